The van der Waals surface area contributed by atoms with E-state index in [0.717, 1.165) is 29.0 Å². The number of carbonyl (C=O) groups excluding carboxylic acids is 4. The minimum atomic E-state index is -1.84. The second-order valence-corrected chi connectivity index (χ2v) is 9.03. The molecule has 0 aliphatic heterocycles. The van der Waals surface area contributed by atoms with Crippen LogP contribution in [-0.4, -0.2) is 47.6 Å². The molecule has 1 heterocycles. The van der Waals surface area contributed by atoms with Gasteiger partial charge in [0, 0.05) is 30.4 Å². The predicted molar refractivity (Wildman–Crippen MR) is 117 cm³/mol. The summed E-state index contributed by atoms with van der Waals surface area (Å²) in [5.74, 6) is -1.10. The maximum atomic E-state index is 12.8. The molecule has 8 nitrogen and oxygen atoms in total. The molecule has 1 aromatic rings. The zero-order valence-electron chi connectivity index (χ0n) is 17.9. The summed E-state index contributed by atoms with van der Waals surface area (Å²) in [6, 6.07) is 1.92. The number of thioether (sulfide) groups is 1. The average molecular weight is 459 g/mol. The van der Waals surface area contributed by atoms with Crippen LogP contribution in [0.4, 0.5) is 0 Å². The van der Waals surface area contributed by atoms with Gasteiger partial charge in [0.05, 0.1) is 18.1 Å². The van der Waals surface area contributed by atoms with E-state index in [4.69, 9.17) is 15.2 Å². The monoisotopic (exact) mass is 458 g/mol. The second kappa shape index (κ2) is 12.7. The lowest BCUT2D eigenvalue weighted by molar-refractivity contribution is -0.152. The largest absolute Gasteiger partial charge is 0.466 e. The van der Waals surface area contributed by atoms with Crippen molar-refractivity contribution >= 4 is 46.1 Å². The second-order valence-electron chi connectivity index (χ2n) is 6.62. The molecule has 0 radical (unpaired) electrons. The molecule has 30 heavy (non-hydrogen) atoms. The summed E-state index contributed by atoms with van der Waals surface area (Å²) in [7, 11) is 0. The molecular weight excluding hydrogens is 428 g/mol. The van der Waals surface area contributed by atoms with E-state index >= 15 is 0 Å². The van der Waals surface area contributed by atoms with Gasteiger partial charge in [-0.05, 0) is 45.2 Å². The van der Waals surface area contributed by atoms with Gasteiger partial charge in [0.25, 0.3) is 5.91 Å². The highest BCUT2D eigenvalue weighted by molar-refractivity contribution is 8.13. The van der Waals surface area contributed by atoms with Crippen LogP contribution in [0.3, 0.4) is 0 Å². The molecule has 10 heteroatoms. The highest BCUT2D eigenvalue weighted by Gasteiger charge is 2.38. The van der Waals surface area contributed by atoms with Gasteiger partial charge in [-0.25, -0.2) is 4.79 Å². The normalized spacial score (nSPS) is 12.7. The van der Waals surface area contributed by atoms with Gasteiger partial charge in [0.15, 0.2) is 10.8 Å². The minimum absolute atomic E-state index is 0.0819. The van der Waals surface area contributed by atoms with Crippen LogP contribution in [0.25, 0.3) is 0 Å². The van der Waals surface area contributed by atoms with Crippen molar-refractivity contribution in [3.8, 4) is 0 Å². The molecule has 0 fully saturated rings. The van der Waals surface area contributed by atoms with E-state index < -0.39 is 23.5 Å². The van der Waals surface area contributed by atoms with Crippen LogP contribution in [0.2, 0.25) is 0 Å². The number of rotatable bonds is 12. The van der Waals surface area contributed by atoms with E-state index in [1.807, 2.05) is 6.07 Å². The number of amides is 1. The number of aryl methyl sites for hydroxylation is 2. The van der Waals surface area contributed by atoms with Crippen LogP contribution in [-0.2, 0) is 30.3 Å². The van der Waals surface area contributed by atoms with Crippen molar-refractivity contribution < 1.29 is 28.7 Å². The Hall–Kier alpha value is -1.91. The number of thiophene rings is 1. The number of ether oxygens (including phenoxy) is 2. The van der Waals surface area contributed by atoms with Crippen LogP contribution in [0.15, 0.2) is 6.07 Å². The molecule has 0 spiro atoms. The van der Waals surface area contributed by atoms with Crippen molar-refractivity contribution in [1.29, 1.82) is 0 Å². The Morgan fingerprint density at radius 2 is 1.87 bits per heavy atom. The van der Waals surface area contributed by atoms with Crippen molar-refractivity contribution in [2.24, 2.45) is 5.73 Å². The molecule has 0 aliphatic rings. The summed E-state index contributed by atoms with van der Waals surface area (Å²) in [5, 5.41) is 2.63. The van der Waals surface area contributed by atoms with E-state index in [-0.39, 0.29) is 31.2 Å². The van der Waals surface area contributed by atoms with Crippen LogP contribution in [0, 0.1) is 6.92 Å². The molecule has 1 amide bonds. The quantitative estimate of drug-likeness (QED) is 0.278. The summed E-state index contributed by atoms with van der Waals surface area (Å²) in [6.45, 7) is 6.95. The van der Waals surface area contributed by atoms with Gasteiger partial charge >= 0.3 is 11.9 Å². The molecule has 0 bridgehead atoms. The van der Waals surface area contributed by atoms with Gasteiger partial charge in [-0.1, -0.05) is 11.8 Å². The third-order valence-electron chi connectivity index (χ3n) is 4.05. The van der Waals surface area contributed by atoms with E-state index in [2.05, 4.69) is 5.32 Å². The van der Waals surface area contributed by atoms with Gasteiger partial charge in [0.1, 0.15) is 0 Å². The Morgan fingerprint density at radius 3 is 2.47 bits per heavy atom. The fraction of sp³-hybridized carbons (Fsp3) is 0.600. The van der Waals surface area contributed by atoms with Crippen LogP contribution < -0.4 is 11.1 Å². The van der Waals surface area contributed by atoms with Crippen LogP contribution in [0.1, 0.15) is 60.1 Å². The first-order valence-corrected chi connectivity index (χ1v) is 11.6. The Labute approximate surface area is 185 Å². The van der Waals surface area contributed by atoms with Crippen LogP contribution >= 0.6 is 23.1 Å². The third kappa shape index (κ3) is 8.45. The van der Waals surface area contributed by atoms with Gasteiger partial charge in [-0.15, -0.1) is 11.3 Å². The maximum absolute atomic E-state index is 12.8. The van der Waals surface area contributed by atoms with Gasteiger partial charge in [-0.3, -0.25) is 20.1 Å². The summed E-state index contributed by atoms with van der Waals surface area (Å²) in [4.78, 5) is 49.4. The van der Waals surface area contributed by atoms with Crippen molar-refractivity contribution in [3.05, 3.63) is 21.4 Å². The standard InChI is InChI=1S/C20H30N2O6S2/c1-5-27-16(24)9-10-20(21,19(26)28-6-2)22-18(25)17-13(3)12-15(30-17)8-7-11-29-14(4)23/h12H,5-11,21H2,1-4H3,(H,22,25). The molecule has 1 rings (SSSR count). The van der Waals surface area contributed by atoms with Gasteiger partial charge < -0.3 is 14.8 Å². The number of hydrogen-bond acceptors (Lipinski definition) is 9. The third-order valence-corrected chi connectivity index (χ3v) is 6.25. The Bertz CT molecular complexity index is 764. The van der Waals surface area contributed by atoms with Crippen molar-refractivity contribution in [2.75, 3.05) is 19.0 Å². The Kier molecular flexibility index (Phi) is 11.1. The highest BCUT2D eigenvalue weighted by Crippen LogP contribution is 2.24. The van der Waals surface area contributed by atoms with Crippen LogP contribution in [0.5, 0.6) is 0 Å². The summed E-state index contributed by atoms with van der Waals surface area (Å²) < 4.78 is 9.87. The first-order chi connectivity index (χ1) is 14.1. The number of carbonyl (C=O) groups is 4. The van der Waals surface area contributed by atoms with E-state index in [1.54, 1.807) is 20.8 Å². The summed E-state index contributed by atoms with van der Waals surface area (Å²) in [6.07, 6.45) is 1.28. The fourth-order valence-corrected chi connectivity index (χ4v) is 4.31. The van der Waals surface area contributed by atoms with Crippen molar-refractivity contribution in [2.45, 2.75) is 59.0 Å². The molecular formula is C20H30N2O6S2. The van der Waals surface area contributed by atoms with Crippen molar-refractivity contribution in [3.63, 3.8) is 0 Å². The molecule has 0 aliphatic carbocycles. The first kappa shape index (κ1) is 26.1. The maximum Gasteiger partial charge on any atom is 0.346 e. The molecule has 1 atom stereocenters. The lowest BCUT2D eigenvalue weighted by atomic mass is 10.0. The lowest BCUT2D eigenvalue weighted by Crippen LogP contribution is -2.62. The first-order valence-electron chi connectivity index (χ1n) is 9.79. The minimum Gasteiger partial charge on any atom is -0.466 e. The average Bonchev–Trinajstić information content (AvgIpc) is 3.04. The molecule has 168 valence electrons. The van der Waals surface area contributed by atoms with E-state index in [1.165, 1.54) is 30.0 Å². The molecule has 1 unspecified atom stereocenters. The topological polar surface area (TPSA) is 125 Å². The molecule has 0 saturated heterocycles. The van der Waals surface area contributed by atoms with E-state index in [9.17, 15) is 19.2 Å². The Balaban J connectivity index is 2.86. The van der Waals surface area contributed by atoms with Gasteiger partial charge in [0.2, 0.25) is 0 Å². The van der Waals surface area contributed by atoms with Gasteiger partial charge in [-0.2, -0.15) is 0 Å². The molecule has 1 aromatic heterocycles. The van der Waals surface area contributed by atoms with Crippen molar-refractivity contribution in [1.82, 2.24) is 5.32 Å². The molecule has 0 saturated carbocycles. The SMILES string of the molecule is CCOC(=O)CCC(N)(NC(=O)c1sc(CCCSC(C)=O)cc1C)C(=O)OCC. The smallest absolute Gasteiger partial charge is 0.346 e. The number of nitrogens with one attached hydrogen (secondary N) is 1. The highest BCUT2D eigenvalue weighted by atomic mass is 32.2. The van der Waals surface area contributed by atoms with E-state index in [0.29, 0.717) is 4.88 Å². The summed E-state index contributed by atoms with van der Waals surface area (Å²) in [5.41, 5.74) is 5.08. The fourth-order valence-electron chi connectivity index (χ4n) is 2.63. The number of nitrogens with two attached hydrogens (primary N) is 1. The molecule has 3 N–H and O–H groups in total. The zero-order valence-corrected chi connectivity index (χ0v) is 19.5. The Morgan fingerprint density at radius 1 is 1.20 bits per heavy atom. The number of esters is 2. The lowest BCUT2D eigenvalue weighted by Gasteiger charge is -2.27. The summed E-state index contributed by atoms with van der Waals surface area (Å²) >= 11 is 2.59. The molecule has 0 aromatic carbocycles. The zero-order chi connectivity index (χ0) is 22.7. The predicted octanol–water partition coefficient (Wildman–Crippen LogP) is 2.56. The number of hydrogen-bond donors (Lipinski definition) is 2.